The second-order valence-corrected chi connectivity index (χ2v) is 5.86. The van der Waals surface area contributed by atoms with Crippen LogP contribution in [0.3, 0.4) is 0 Å². The Bertz CT molecular complexity index is 693. The number of aromatic carboxylic acids is 1. The molecule has 0 saturated heterocycles. The van der Waals surface area contributed by atoms with Gasteiger partial charge in [-0.2, -0.15) is 0 Å². The molecule has 0 aliphatic carbocycles. The average molecular weight is 281 g/mol. The molecule has 1 atom stereocenters. The fourth-order valence-electron chi connectivity index (χ4n) is 3.12. The van der Waals surface area contributed by atoms with E-state index in [2.05, 4.69) is 36.1 Å². The topological polar surface area (TPSA) is 40.5 Å². The van der Waals surface area contributed by atoms with Gasteiger partial charge in [-0.05, 0) is 54.7 Å². The Morgan fingerprint density at radius 3 is 2.67 bits per heavy atom. The SMILES string of the molecule is Cc1cc(C(=O)O)ccc1N1CC(C)Cc2ccccc21. The zero-order valence-electron chi connectivity index (χ0n) is 12.3. The Balaban J connectivity index is 2.06. The van der Waals surface area contributed by atoms with Crippen LogP contribution in [0, 0.1) is 12.8 Å². The summed E-state index contributed by atoms with van der Waals surface area (Å²) >= 11 is 0. The lowest BCUT2D eigenvalue weighted by Crippen LogP contribution is -2.30. The smallest absolute Gasteiger partial charge is 0.335 e. The third-order valence-electron chi connectivity index (χ3n) is 4.08. The molecule has 1 aliphatic heterocycles. The van der Waals surface area contributed by atoms with Crippen molar-refractivity contribution in [2.45, 2.75) is 20.3 Å². The number of nitrogens with zero attached hydrogens (tertiary/aromatic N) is 1. The summed E-state index contributed by atoms with van der Waals surface area (Å²) in [5.74, 6) is -0.296. The number of carboxylic acids is 1. The van der Waals surface area contributed by atoms with E-state index in [9.17, 15) is 4.79 Å². The van der Waals surface area contributed by atoms with Crippen molar-refractivity contribution in [2.75, 3.05) is 11.4 Å². The van der Waals surface area contributed by atoms with Crippen LogP contribution >= 0.6 is 0 Å². The van der Waals surface area contributed by atoms with Crippen molar-refractivity contribution >= 4 is 17.3 Å². The van der Waals surface area contributed by atoms with Gasteiger partial charge in [0.25, 0.3) is 0 Å². The maximum Gasteiger partial charge on any atom is 0.335 e. The molecule has 2 aromatic rings. The van der Waals surface area contributed by atoms with Gasteiger partial charge in [0.2, 0.25) is 0 Å². The quantitative estimate of drug-likeness (QED) is 0.903. The summed E-state index contributed by atoms with van der Waals surface area (Å²) in [6.07, 6.45) is 1.10. The fourth-order valence-corrected chi connectivity index (χ4v) is 3.12. The van der Waals surface area contributed by atoms with E-state index in [4.69, 9.17) is 5.11 Å². The van der Waals surface area contributed by atoms with Crippen LogP contribution in [0.15, 0.2) is 42.5 Å². The number of carbonyl (C=O) groups is 1. The molecule has 0 amide bonds. The largest absolute Gasteiger partial charge is 0.478 e. The monoisotopic (exact) mass is 281 g/mol. The van der Waals surface area contributed by atoms with Crippen LogP contribution < -0.4 is 4.90 Å². The van der Waals surface area contributed by atoms with Crippen molar-refractivity contribution in [3.05, 3.63) is 59.2 Å². The van der Waals surface area contributed by atoms with Gasteiger partial charge in [-0.15, -0.1) is 0 Å². The molecule has 0 fully saturated rings. The molecule has 3 nitrogen and oxygen atoms in total. The molecule has 1 N–H and O–H groups in total. The molecule has 0 saturated carbocycles. The molecular formula is C18H19NO2. The van der Waals surface area contributed by atoms with Crippen LogP contribution in [0.5, 0.6) is 0 Å². The lowest BCUT2D eigenvalue weighted by Gasteiger charge is -2.35. The summed E-state index contributed by atoms with van der Waals surface area (Å²) in [5.41, 5.74) is 5.03. The van der Waals surface area contributed by atoms with Gasteiger partial charge in [0.15, 0.2) is 0 Å². The summed E-state index contributed by atoms with van der Waals surface area (Å²) in [5, 5.41) is 9.10. The molecule has 3 rings (SSSR count). The first kappa shape index (κ1) is 13.7. The van der Waals surface area contributed by atoms with Gasteiger partial charge in [-0.25, -0.2) is 4.79 Å². The molecule has 0 spiro atoms. The highest BCUT2D eigenvalue weighted by atomic mass is 16.4. The minimum Gasteiger partial charge on any atom is -0.478 e. The molecule has 21 heavy (non-hydrogen) atoms. The normalized spacial score (nSPS) is 17.4. The van der Waals surface area contributed by atoms with Crippen LogP contribution in [-0.4, -0.2) is 17.6 Å². The van der Waals surface area contributed by atoms with E-state index >= 15 is 0 Å². The van der Waals surface area contributed by atoms with Crippen molar-refractivity contribution in [2.24, 2.45) is 5.92 Å². The van der Waals surface area contributed by atoms with Crippen LogP contribution in [-0.2, 0) is 6.42 Å². The zero-order chi connectivity index (χ0) is 15.0. The molecule has 0 aromatic heterocycles. The number of carboxylic acid groups (broad SMARTS) is 1. The molecule has 0 radical (unpaired) electrons. The standard InChI is InChI=1S/C18H19NO2/c1-12-9-14-5-3-4-6-17(14)19(11-12)16-8-7-15(18(20)21)10-13(16)2/h3-8,10,12H,9,11H2,1-2H3,(H,20,21). The number of benzene rings is 2. The molecule has 108 valence electrons. The van der Waals surface area contributed by atoms with Crippen LogP contribution in [0.25, 0.3) is 0 Å². The number of hydrogen-bond acceptors (Lipinski definition) is 2. The van der Waals surface area contributed by atoms with Crippen LogP contribution in [0.1, 0.15) is 28.4 Å². The Kier molecular flexibility index (Phi) is 3.42. The zero-order valence-corrected chi connectivity index (χ0v) is 12.3. The number of anilines is 2. The van der Waals surface area contributed by atoms with Gasteiger partial charge in [-0.1, -0.05) is 25.1 Å². The van der Waals surface area contributed by atoms with Gasteiger partial charge in [-0.3, -0.25) is 0 Å². The minimum atomic E-state index is -0.878. The Labute approximate surface area is 124 Å². The first-order valence-electron chi connectivity index (χ1n) is 7.25. The van der Waals surface area contributed by atoms with E-state index in [-0.39, 0.29) is 0 Å². The Morgan fingerprint density at radius 1 is 1.19 bits per heavy atom. The number of aryl methyl sites for hydroxylation is 1. The first-order valence-corrected chi connectivity index (χ1v) is 7.25. The summed E-state index contributed by atoms with van der Waals surface area (Å²) in [7, 11) is 0. The highest BCUT2D eigenvalue weighted by Gasteiger charge is 2.23. The average Bonchev–Trinajstić information content (AvgIpc) is 2.46. The third-order valence-corrected chi connectivity index (χ3v) is 4.08. The van der Waals surface area contributed by atoms with E-state index < -0.39 is 5.97 Å². The Hall–Kier alpha value is -2.29. The number of hydrogen-bond donors (Lipinski definition) is 1. The molecule has 2 aromatic carbocycles. The first-order chi connectivity index (χ1) is 10.1. The van der Waals surface area contributed by atoms with Crippen molar-refractivity contribution in [1.29, 1.82) is 0 Å². The molecule has 1 heterocycles. The third kappa shape index (κ3) is 2.51. The van der Waals surface area contributed by atoms with Crippen molar-refractivity contribution in [3.63, 3.8) is 0 Å². The van der Waals surface area contributed by atoms with Gasteiger partial charge < -0.3 is 10.0 Å². The second-order valence-electron chi connectivity index (χ2n) is 5.86. The van der Waals surface area contributed by atoms with E-state index in [0.717, 1.165) is 24.2 Å². The Morgan fingerprint density at radius 2 is 1.95 bits per heavy atom. The minimum absolute atomic E-state index is 0.342. The number of para-hydroxylation sites is 1. The van der Waals surface area contributed by atoms with E-state index in [0.29, 0.717) is 11.5 Å². The molecule has 0 bridgehead atoms. The highest BCUT2D eigenvalue weighted by Crippen LogP contribution is 2.36. The number of rotatable bonds is 2. The maximum atomic E-state index is 11.1. The summed E-state index contributed by atoms with van der Waals surface area (Å²) in [6, 6.07) is 13.8. The summed E-state index contributed by atoms with van der Waals surface area (Å²) < 4.78 is 0. The van der Waals surface area contributed by atoms with Gasteiger partial charge in [0.05, 0.1) is 5.56 Å². The predicted molar refractivity (Wildman–Crippen MR) is 84.5 cm³/mol. The summed E-state index contributed by atoms with van der Waals surface area (Å²) in [4.78, 5) is 13.4. The van der Waals surface area contributed by atoms with E-state index in [1.54, 1.807) is 12.1 Å². The van der Waals surface area contributed by atoms with Gasteiger partial charge >= 0.3 is 5.97 Å². The highest BCUT2D eigenvalue weighted by molar-refractivity contribution is 5.89. The molecular weight excluding hydrogens is 262 g/mol. The van der Waals surface area contributed by atoms with Crippen molar-refractivity contribution < 1.29 is 9.90 Å². The van der Waals surface area contributed by atoms with Crippen molar-refractivity contribution in [3.8, 4) is 0 Å². The fraction of sp³-hybridized carbons (Fsp3) is 0.278. The second kappa shape index (κ2) is 5.24. The molecule has 3 heteroatoms. The molecule has 1 unspecified atom stereocenters. The number of fused-ring (bicyclic) bond motifs is 1. The van der Waals surface area contributed by atoms with E-state index in [1.807, 2.05) is 13.0 Å². The van der Waals surface area contributed by atoms with Gasteiger partial charge in [0.1, 0.15) is 0 Å². The lowest BCUT2D eigenvalue weighted by molar-refractivity contribution is 0.0697. The maximum absolute atomic E-state index is 11.1. The molecule has 1 aliphatic rings. The predicted octanol–water partition coefficient (Wildman–Crippen LogP) is 4.02. The van der Waals surface area contributed by atoms with Crippen molar-refractivity contribution in [1.82, 2.24) is 0 Å². The van der Waals surface area contributed by atoms with Crippen LogP contribution in [0.2, 0.25) is 0 Å². The van der Waals surface area contributed by atoms with E-state index in [1.165, 1.54) is 11.3 Å². The summed E-state index contributed by atoms with van der Waals surface area (Å²) in [6.45, 7) is 5.19. The van der Waals surface area contributed by atoms with Gasteiger partial charge in [0, 0.05) is 17.9 Å². The van der Waals surface area contributed by atoms with Crippen LogP contribution in [0.4, 0.5) is 11.4 Å². The lowest BCUT2D eigenvalue weighted by atomic mass is 9.93.